The second-order valence-corrected chi connectivity index (χ2v) is 4.75. The van der Waals surface area contributed by atoms with Crippen LogP contribution in [0.4, 0.5) is 8.78 Å². The van der Waals surface area contributed by atoms with Crippen molar-refractivity contribution < 1.29 is 13.5 Å². The minimum Gasteiger partial charge on any atom is -0.435 e. The van der Waals surface area contributed by atoms with E-state index in [4.69, 9.17) is 0 Å². The fraction of sp³-hybridized carbons (Fsp3) is 0.600. The van der Waals surface area contributed by atoms with Crippen LogP contribution in [0.3, 0.4) is 0 Å². The first kappa shape index (κ1) is 15.9. The van der Waals surface area contributed by atoms with Gasteiger partial charge in [0.25, 0.3) is 0 Å². The van der Waals surface area contributed by atoms with Crippen molar-refractivity contribution in [2.24, 2.45) is 5.92 Å². The summed E-state index contributed by atoms with van der Waals surface area (Å²) in [5.41, 5.74) is 1.00. The van der Waals surface area contributed by atoms with Crippen molar-refractivity contribution in [3.05, 3.63) is 29.8 Å². The monoisotopic (exact) mass is 271 g/mol. The van der Waals surface area contributed by atoms with Crippen LogP contribution in [0.5, 0.6) is 5.75 Å². The first-order valence-corrected chi connectivity index (χ1v) is 6.86. The predicted octanol–water partition coefficient (Wildman–Crippen LogP) is 4.37. The summed E-state index contributed by atoms with van der Waals surface area (Å²) in [5.74, 6) is 0.672. The van der Waals surface area contributed by atoms with Crippen LogP contribution in [0, 0.1) is 5.92 Å². The first-order valence-electron chi connectivity index (χ1n) is 6.86. The molecule has 108 valence electrons. The fourth-order valence-corrected chi connectivity index (χ4v) is 2.37. The lowest BCUT2D eigenvalue weighted by Gasteiger charge is -2.25. The van der Waals surface area contributed by atoms with Crippen molar-refractivity contribution in [2.75, 3.05) is 6.54 Å². The number of hydrogen-bond acceptors (Lipinski definition) is 2. The Hall–Kier alpha value is -1.16. The molecular weight excluding hydrogens is 248 g/mol. The molecule has 0 saturated heterocycles. The standard InChI is InChI=1S/C15H23F2NO/c1-4-7-11(3)14(18-5-2)12-8-6-9-13(10-12)19-15(16)17/h6,8-11,14-15,18H,4-5,7H2,1-3H3. The largest absolute Gasteiger partial charge is 0.435 e. The van der Waals surface area contributed by atoms with Crippen LogP contribution in [-0.4, -0.2) is 13.2 Å². The van der Waals surface area contributed by atoms with Gasteiger partial charge in [0.1, 0.15) is 5.75 Å². The molecule has 0 aliphatic carbocycles. The lowest BCUT2D eigenvalue weighted by Crippen LogP contribution is -2.26. The Morgan fingerprint density at radius 2 is 2.00 bits per heavy atom. The Balaban J connectivity index is 2.88. The van der Waals surface area contributed by atoms with E-state index in [1.807, 2.05) is 13.0 Å². The molecule has 0 saturated carbocycles. The second-order valence-electron chi connectivity index (χ2n) is 4.75. The molecule has 19 heavy (non-hydrogen) atoms. The molecule has 1 aromatic carbocycles. The number of nitrogens with one attached hydrogen (secondary N) is 1. The molecule has 0 spiro atoms. The zero-order valence-electron chi connectivity index (χ0n) is 11.8. The van der Waals surface area contributed by atoms with E-state index >= 15 is 0 Å². The molecule has 0 aliphatic rings. The van der Waals surface area contributed by atoms with Gasteiger partial charge in [0, 0.05) is 6.04 Å². The summed E-state index contributed by atoms with van der Waals surface area (Å²) in [5, 5.41) is 3.42. The Morgan fingerprint density at radius 1 is 1.26 bits per heavy atom. The molecule has 2 nitrogen and oxygen atoms in total. The molecule has 2 unspecified atom stereocenters. The maximum Gasteiger partial charge on any atom is 0.387 e. The van der Waals surface area contributed by atoms with Gasteiger partial charge >= 0.3 is 6.61 Å². The summed E-state index contributed by atoms with van der Waals surface area (Å²) in [6.45, 7) is 4.44. The number of halogens is 2. The van der Waals surface area contributed by atoms with Crippen molar-refractivity contribution in [2.45, 2.75) is 46.3 Å². The topological polar surface area (TPSA) is 21.3 Å². The summed E-state index contributed by atoms with van der Waals surface area (Å²) in [4.78, 5) is 0. The summed E-state index contributed by atoms with van der Waals surface area (Å²) in [6.07, 6.45) is 2.20. The number of alkyl halides is 2. The van der Waals surface area contributed by atoms with Gasteiger partial charge in [-0.1, -0.05) is 39.3 Å². The quantitative estimate of drug-likeness (QED) is 0.758. The van der Waals surface area contributed by atoms with Crippen LogP contribution in [-0.2, 0) is 0 Å². The number of rotatable bonds is 8. The van der Waals surface area contributed by atoms with E-state index in [0.717, 1.165) is 24.9 Å². The van der Waals surface area contributed by atoms with Crippen molar-refractivity contribution in [3.8, 4) is 5.75 Å². The molecule has 4 heteroatoms. The maximum atomic E-state index is 12.2. The number of ether oxygens (including phenoxy) is 1. The van der Waals surface area contributed by atoms with Gasteiger partial charge in [-0.3, -0.25) is 0 Å². The Labute approximate surface area is 114 Å². The average molecular weight is 271 g/mol. The summed E-state index contributed by atoms with van der Waals surface area (Å²) < 4.78 is 28.9. The van der Waals surface area contributed by atoms with Gasteiger partial charge in [-0.2, -0.15) is 8.78 Å². The normalized spacial score (nSPS) is 14.4. The van der Waals surface area contributed by atoms with Crippen molar-refractivity contribution in [3.63, 3.8) is 0 Å². The van der Waals surface area contributed by atoms with Crippen molar-refractivity contribution in [1.29, 1.82) is 0 Å². The molecule has 1 aromatic rings. The molecule has 0 bridgehead atoms. The molecule has 0 aromatic heterocycles. The zero-order chi connectivity index (χ0) is 14.3. The second kappa shape index (κ2) is 8.10. The SMILES string of the molecule is CCCC(C)C(NCC)c1cccc(OC(F)F)c1. The van der Waals surface area contributed by atoms with Gasteiger partial charge in [-0.15, -0.1) is 0 Å². The van der Waals surface area contributed by atoms with Crippen molar-refractivity contribution in [1.82, 2.24) is 5.32 Å². The Bertz CT molecular complexity index is 371. The minimum absolute atomic E-state index is 0.172. The third-order valence-corrected chi connectivity index (χ3v) is 3.18. The lowest BCUT2D eigenvalue weighted by molar-refractivity contribution is -0.0499. The highest BCUT2D eigenvalue weighted by atomic mass is 19.3. The molecule has 0 amide bonds. The molecule has 0 fully saturated rings. The molecular formula is C15H23F2NO. The van der Waals surface area contributed by atoms with E-state index in [9.17, 15) is 8.78 Å². The summed E-state index contributed by atoms with van der Waals surface area (Å²) in [7, 11) is 0. The highest BCUT2D eigenvalue weighted by Crippen LogP contribution is 2.28. The van der Waals surface area contributed by atoms with Crippen LogP contribution >= 0.6 is 0 Å². The van der Waals surface area contributed by atoms with E-state index in [-0.39, 0.29) is 11.8 Å². The molecule has 0 radical (unpaired) electrons. The minimum atomic E-state index is -2.78. The smallest absolute Gasteiger partial charge is 0.387 e. The Kier molecular flexibility index (Phi) is 6.78. The highest BCUT2D eigenvalue weighted by Gasteiger charge is 2.18. The number of benzene rings is 1. The molecule has 0 aliphatic heterocycles. The fourth-order valence-electron chi connectivity index (χ4n) is 2.37. The molecule has 1 rings (SSSR count). The van der Waals surface area contributed by atoms with Crippen LogP contribution in [0.25, 0.3) is 0 Å². The van der Waals surface area contributed by atoms with Crippen LogP contribution in [0.2, 0.25) is 0 Å². The maximum absolute atomic E-state index is 12.2. The average Bonchev–Trinajstić information content (AvgIpc) is 2.35. The van der Waals surface area contributed by atoms with E-state index in [2.05, 4.69) is 23.9 Å². The third-order valence-electron chi connectivity index (χ3n) is 3.18. The molecule has 1 N–H and O–H groups in total. The zero-order valence-corrected chi connectivity index (χ0v) is 11.8. The van der Waals surface area contributed by atoms with Gasteiger partial charge in [0.05, 0.1) is 0 Å². The lowest BCUT2D eigenvalue weighted by atomic mass is 9.91. The number of hydrogen-bond donors (Lipinski definition) is 1. The van der Waals surface area contributed by atoms with Gasteiger partial charge < -0.3 is 10.1 Å². The predicted molar refractivity (Wildman–Crippen MR) is 73.6 cm³/mol. The van der Waals surface area contributed by atoms with E-state index < -0.39 is 6.61 Å². The first-order chi connectivity index (χ1) is 9.08. The van der Waals surface area contributed by atoms with E-state index in [1.165, 1.54) is 0 Å². The van der Waals surface area contributed by atoms with Gasteiger partial charge in [-0.05, 0) is 36.6 Å². The summed E-state index contributed by atoms with van der Waals surface area (Å²) in [6, 6.07) is 7.15. The molecule has 2 atom stereocenters. The van der Waals surface area contributed by atoms with E-state index in [0.29, 0.717) is 5.92 Å². The van der Waals surface area contributed by atoms with Crippen molar-refractivity contribution >= 4 is 0 Å². The van der Waals surface area contributed by atoms with E-state index in [1.54, 1.807) is 18.2 Å². The van der Waals surface area contributed by atoms with Crippen LogP contribution in [0.15, 0.2) is 24.3 Å². The van der Waals surface area contributed by atoms with Crippen LogP contribution in [0.1, 0.15) is 45.2 Å². The summed E-state index contributed by atoms with van der Waals surface area (Å²) >= 11 is 0. The van der Waals surface area contributed by atoms with Gasteiger partial charge in [-0.25, -0.2) is 0 Å². The Morgan fingerprint density at radius 3 is 2.58 bits per heavy atom. The van der Waals surface area contributed by atoms with Gasteiger partial charge in [0.2, 0.25) is 0 Å². The highest BCUT2D eigenvalue weighted by molar-refractivity contribution is 5.31. The molecule has 0 heterocycles. The van der Waals surface area contributed by atoms with Gasteiger partial charge in [0.15, 0.2) is 0 Å². The third kappa shape index (κ3) is 5.15. The van der Waals surface area contributed by atoms with Crippen LogP contribution < -0.4 is 10.1 Å².